The molecule has 0 spiro atoms. The minimum absolute atomic E-state index is 0.288. The van der Waals surface area contributed by atoms with Gasteiger partial charge in [-0.15, -0.1) is 0 Å². The van der Waals surface area contributed by atoms with Crippen molar-refractivity contribution >= 4 is 17.9 Å². The molecule has 0 aliphatic heterocycles. The van der Waals surface area contributed by atoms with Crippen molar-refractivity contribution in [2.75, 3.05) is 6.54 Å². The lowest BCUT2D eigenvalue weighted by Crippen LogP contribution is -2.54. The Labute approximate surface area is 163 Å². The molecule has 0 fully saturated rings. The van der Waals surface area contributed by atoms with Crippen LogP contribution in [0.25, 0.3) is 0 Å². The summed E-state index contributed by atoms with van der Waals surface area (Å²) in [6, 6.07) is -0.630. The third kappa shape index (κ3) is 13.2. The molecule has 1 atom stereocenters. The van der Waals surface area contributed by atoms with Crippen LogP contribution in [0.15, 0.2) is 0 Å². The minimum Gasteiger partial charge on any atom is -0.435 e. The molecule has 7 nitrogen and oxygen atoms in total. The number of hydrogen-bond donors (Lipinski definition) is 2. The van der Waals surface area contributed by atoms with E-state index >= 15 is 0 Å². The molecule has 0 saturated heterocycles. The molecule has 0 aliphatic rings. The van der Waals surface area contributed by atoms with Gasteiger partial charge in [0.2, 0.25) is 5.91 Å². The maximum atomic E-state index is 12.4. The molecule has 0 rings (SSSR count). The molecule has 1 unspecified atom stereocenters. The van der Waals surface area contributed by atoms with Crippen molar-refractivity contribution in [1.82, 2.24) is 10.2 Å². The van der Waals surface area contributed by atoms with E-state index < -0.39 is 23.8 Å². The Balaban J connectivity index is 4.26. The van der Waals surface area contributed by atoms with E-state index in [1.165, 1.54) is 43.9 Å². The first kappa shape index (κ1) is 25.4. The summed E-state index contributed by atoms with van der Waals surface area (Å²) < 4.78 is 4.67. The number of esters is 1. The van der Waals surface area contributed by atoms with Crippen LogP contribution in [0, 0.1) is 0 Å². The number of amides is 3. The molecule has 7 heteroatoms. The minimum atomic E-state index is -1.24. The highest BCUT2D eigenvalue weighted by Crippen LogP contribution is 2.14. The van der Waals surface area contributed by atoms with Gasteiger partial charge in [0.05, 0.1) is 0 Å². The summed E-state index contributed by atoms with van der Waals surface area (Å²) in [5, 5.41) is 11.4. The van der Waals surface area contributed by atoms with Crippen LogP contribution in [0.5, 0.6) is 0 Å². The maximum Gasteiger partial charge on any atom is 0.328 e. The number of ether oxygens (including phenoxy) is 1. The molecule has 0 aliphatic carbocycles. The number of aliphatic hydroxyl groups excluding tert-OH is 1. The summed E-state index contributed by atoms with van der Waals surface area (Å²) >= 11 is 0. The number of urea groups is 1. The summed E-state index contributed by atoms with van der Waals surface area (Å²) in [5.41, 5.74) is -0.680. The van der Waals surface area contributed by atoms with E-state index in [0.717, 1.165) is 19.3 Å². The number of carbonyl (C=O) groups excluding carboxylic acids is 3. The van der Waals surface area contributed by atoms with Crippen molar-refractivity contribution in [3.05, 3.63) is 0 Å². The van der Waals surface area contributed by atoms with Crippen molar-refractivity contribution in [2.45, 2.75) is 104 Å². The first-order valence-corrected chi connectivity index (χ1v) is 10.1. The van der Waals surface area contributed by atoms with Crippen LogP contribution >= 0.6 is 0 Å². The molecule has 0 aromatic carbocycles. The number of imide groups is 1. The Hall–Kier alpha value is -1.63. The molecule has 3 amide bonds. The maximum absolute atomic E-state index is 12.4. The lowest BCUT2D eigenvalue weighted by Gasteiger charge is -2.34. The van der Waals surface area contributed by atoms with Crippen LogP contribution in [0.2, 0.25) is 0 Å². The zero-order valence-corrected chi connectivity index (χ0v) is 17.7. The smallest absolute Gasteiger partial charge is 0.328 e. The van der Waals surface area contributed by atoms with Gasteiger partial charge in [-0.3, -0.25) is 14.9 Å². The van der Waals surface area contributed by atoms with Gasteiger partial charge in [-0.25, -0.2) is 4.79 Å². The predicted octanol–water partition coefficient (Wildman–Crippen LogP) is 3.74. The molecule has 0 aromatic rings. The Morgan fingerprint density at radius 1 is 1.00 bits per heavy atom. The summed E-state index contributed by atoms with van der Waals surface area (Å²) in [6.45, 7) is 8.43. The van der Waals surface area contributed by atoms with E-state index in [-0.39, 0.29) is 18.9 Å². The topological polar surface area (TPSA) is 95.9 Å². The highest BCUT2D eigenvalue weighted by atomic mass is 16.6. The third-order valence-corrected chi connectivity index (χ3v) is 4.15. The molecule has 27 heavy (non-hydrogen) atoms. The summed E-state index contributed by atoms with van der Waals surface area (Å²) in [4.78, 5) is 37.4. The lowest BCUT2D eigenvalue weighted by molar-refractivity contribution is -0.166. The number of hydrogen-bond acceptors (Lipinski definition) is 5. The lowest BCUT2D eigenvalue weighted by atomic mass is 10.1. The normalized spacial score (nSPS) is 12.4. The van der Waals surface area contributed by atoms with Crippen LogP contribution in [0.4, 0.5) is 4.79 Å². The fourth-order valence-electron chi connectivity index (χ4n) is 2.64. The first-order chi connectivity index (χ1) is 12.6. The monoisotopic (exact) mass is 386 g/mol. The van der Waals surface area contributed by atoms with Crippen LogP contribution < -0.4 is 5.32 Å². The number of rotatable bonds is 12. The Kier molecular flexibility index (Phi) is 12.7. The van der Waals surface area contributed by atoms with Crippen LogP contribution in [-0.2, 0) is 14.3 Å². The second-order valence-corrected chi connectivity index (χ2v) is 7.92. The first-order valence-electron chi connectivity index (χ1n) is 10.1. The number of unbranched alkanes of at least 4 members (excludes halogenated alkanes) is 7. The van der Waals surface area contributed by atoms with E-state index in [1.807, 2.05) is 0 Å². The standard InChI is InChI=1S/C20H38N2O5/c1-6-7-8-9-10-11-12-13-14-17(24)21-19(26)22(20(3,4)5)15-18(25)27-16(2)23/h16,23H,6-15H2,1-5H3,(H,21,24,26). The largest absolute Gasteiger partial charge is 0.435 e. The quantitative estimate of drug-likeness (QED) is 0.303. The van der Waals surface area contributed by atoms with Gasteiger partial charge in [-0.1, -0.05) is 51.9 Å². The van der Waals surface area contributed by atoms with E-state index in [2.05, 4.69) is 17.0 Å². The molecule has 0 aromatic heterocycles. The van der Waals surface area contributed by atoms with Gasteiger partial charge < -0.3 is 14.7 Å². The fourth-order valence-corrected chi connectivity index (χ4v) is 2.64. The third-order valence-electron chi connectivity index (χ3n) is 4.15. The average Bonchev–Trinajstić information content (AvgIpc) is 2.53. The molecule has 0 bridgehead atoms. The van der Waals surface area contributed by atoms with Crippen LogP contribution in [0.3, 0.4) is 0 Å². The molecule has 0 saturated carbocycles. The van der Waals surface area contributed by atoms with Crippen LogP contribution in [-0.4, -0.2) is 46.3 Å². The summed E-state index contributed by atoms with van der Waals surface area (Å²) in [6.07, 6.45) is 8.06. The Morgan fingerprint density at radius 3 is 2.00 bits per heavy atom. The van der Waals surface area contributed by atoms with Gasteiger partial charge in [0, 0.05) is 12.0 Å². The zero-order valence-electron chi connectivity index (χ0n) is 17.7. The highest BCUT2D eigenvalue weighted by Gasteiger charge is 2.30. The number of aliphatic hydroxyl groups is 1. The van der Waals surface area contributed by atoms with Crippen molar-refractivity contribution in [3.63, 3.8) is 0 Å². The Morgan fingerprint density at radius 2 is 1.52 bits per heavy atom. The summed E-state index contributed by atoms with van der Waals surface area (Å²) in [7, 11) is 0. The van der Waals surface area contributed by atoms with Gasteiger partial charge in [-0.05, 0) is 34.1 Å². The molecular formula is C20H38N2O5. The van der Waals surface area contributed by atoms with Gasteiger partial charge in [-0.2, -0.15) is 0 Å². The average molecular weight is 387 g/mol. The van der Waals surface area contributed by atoms with Crippen molar-refractivity contribution in [3.8, 4) is 0 Å². The molecule has 0 heterocycles. The van der Waals surface area contributed by atoms with Crippen molar-refractivity contribution in [1.29, 1.82) is 0 Å². The summed E-state index contributed by atoms with van der Waals surface area (Å²) in [5.74, 6) is -1.07. The number of nitrogens with one attached hydrogen (secondary N) is 1. The van der Waals surface area contributed by atoms with E-state index in [1.54, 1.807) is 20.8 Å². The SMILES string of the molecule is CCCCCCCCCCC(=O)NC(=O)N(CC(=O)OC(C)O)C(C)(C)C. The number of nitrogens with zero attached hydrogens (tertiary/aromatic N) is 1. The molecule has 0 radical (unpaired) electrons. The van der Waals surface area contributed by atoms with E-state index in [9.17, 15) is 14.4 Å². The van der Waals surface area contributed by atoms with Gasteiger partial charge >= 0.3 is 12.0 Å². The van der Waals surface area contributed by atoms with Crippen molar-refractivity contribution < 1.29 is 24.2 Å². The molecular weight excluding hydrogens is 348 g/mol. The van der Waals surface area contributed by atoms with Gasteiger partial charge in [0.1, 0.15) is 6.54 Å². The zero-order chi connectivity index (χ0) is 20.9. The predicted molar refractivity (Wildman–Crippen MR) is 105 cm³/mol. The van der Waals surface area contributed by atoms with Gasteiger partial charge in [0.25, 0.3) is 0 Å². The Bertz CT molecular complexity index is 458. The fraction of sp³-hybridized carbons (Fsp3) is 0.850. The van der Waals surface area contributed by atoms with Crippen molar-refractivity contribution in [2.24, 2.45) is 0 Å². The second-order valence-electron chi connectivity index (χ2n) is 7.92. The molecule has 158 valence electrons. The molecule has 2 N–H and O–H groups in total. The van der Waals surface area contributed by atoms with E-state index in [0.29, 0.717) is 0 Å². The number of carbonyl (C=O) groups is 3. The second kappa shape index (κ2) is 13.5. The van der Waals surface area contributed by atoms with Gasteiger partial charge in [0.15, 0.2) is 6.29 Å². The van der Waals surface area contributed by atoms with Crippen LogP contribution in [0.1, 0.15) is 92.4 Å². The van der Waals surface area contributed by atoms with E-state index in [4.69, 9.17) is 5.11 Å². The highest BCUT2D eigenvalue weighted by molar-refractivity contribution is 5.95.